The van der Waals surface area contributed by atoms with E-state index < -0.39 is 49.1 Å². The van der Waals surface area contributed by atoms with Gasteiger partial charge in [0.2, 0.25) is 0 Å². The second-order valence-corrected chi connectivity index (χ2v) is 5.20. The summed E-state index contributed by atoms with van der Waals surface area (Å²) in [4.78, 5) is 38.8. The van der Waals surface area contributed by atoms with Crippen molar-refractivity contribution in [2.75, 3.05) is 13.1 Å². The van der Waals surface area contributed by atoms with Crippen LogP contribution in [-0.2, 0) is 14.4 Å². The monoisotopic (exact) mass is 361 g/mol. The first-order chi connectivity index (χ1) is 11.0. The minimum absolute atomic E-state index is 0. The number of carbonyl (C=O) groups is 3. The van der Waals surface area contributed by atoms with E-state index >= 15 is 0 Å². The number of alkyl halides is 4. The van der Waals surface area contributed by atoms with E-state index in [1.807, 2.05) is 0 Å². The maximum absolute atomic E-state index is 13.1. The van der Waals surface area contributed by atoms with Crippen molar-refractivity contribution in [3.63, 3.8) is 0 Å². The zero-order chi connectivity index (χ0) is 18.2. The van der Waals surface area contributed by atoms with Crippen LogP contribution < -0.4 is 29.3 Å². The second-order valence-electron chi connectivity index (χ2n) is 5.20. The number of nitrogens with one attached hydrogen (secondary N) is 1. The van der Waals surface area contributed by atoms with E-state index in [1.54, 1.807) is 5.32 Å². The third kappa shape index (κ3) is 4.45. The van der Waals surface area contributed by atoms with Gasteiger partial charge < -0.3 is 20.1 Å². The van der Waals surface area contributed by atoms with Crippen molar-refractivity contribution < 1.29 is 60.7 Å². The minimum atomic E-state index is -5.06. The number of carbonyl (C=O) groups excluding carboxylic acids is 3. The number of hydroxylamine groups is 2. The average Bonchev–Trinajstić information content (AvgIpc) is 2.71. The van der Waals surface area contributed by atoms with Crippen LogP contribution in [0.1, 0.15) is 6.92 Å². The molecule has 2 bridgehead atoms. The molecular formula is C12H12F4LiN3O5. The van der Waals surface area contributed by atoms with Gasteiger partial charge in [-0.05, 0) is 6.92 Å². The van der Waals surface area contributed by atoms with Gasteiger partial charge in [-0.15, -0.1) is 0 Å². The largest absolute Gasteiger partial charge is 1.00 e. The normalized spacial score (nSPS) is 23.7. The maximum Gasteiger partial charge on any atom is 1.00 e. The molecule has 25 heavy (non-hydrogen) atoms. The van der Waals surface area contributed by atoms with Crippen molar-refractivity contribution in [1.29, 1.82) is 0 Å². The van der Waals surface area contributed by atoms with Crippen LogP contribution in [0.25, 0.3) is 0 Å². The standard InChI is InChI=1S/C12H13F4N3O5.Li/c1-5-2-6-4-18(7(5)3-17-10(22)12(14,15)16)11(23)19(6)24-8(13)9(20)21;/h2,6-8H,3-4H2,1H3,(H,17,22)(H,20,21);/q;+1/p-1/t6-,7-,8-;/m1./s1. The Balaban J connectivity index is 0.00000312. The molecule has 0 aliphatic carbocycles. The first kappa shape index (κ1) is 21.3. The molecule has 8 nitrogen and oxygen atoms in total. The van der Waals surface area contributed by atoms with Gasteiger partial charge in [-0.25, -0.2) is 14.0 Å². The molecule has 1 fully saturated rings. The van der Waals surface area contributed by atoms with E-state index in [0.29, 0.717) is 10.6 Å². The predicted octanol–water partition coefficient (Wildman–Crippen LogP) is -3.92. The fourth-order valence-corrected chi connectivity index (χ4v) is 2.49. The fourth-order valence-electron chi connectivity index (χ4n) is 2.49. The molecule has 0 aromatic rings. The quantitative estimate of drug-likeness (QED) is 0.306. The van der Waals surface area contributed by atoms with Gasteiger partial charge in [0, 0.05) is 13.1 Å². The Bertz CT molecular complexity index is 600. The van der Waals surface area contributed by atoms with E-state index in [9.17, 15) is 37.1 Å². The molecule has 0 spiro atoms. The number of amides is 3. The summed E-state index contributed by atoms with van der Waals surface area (Å²) in [5.74, 6) is -4.33. The van der Waals surface area contributed by atoms with Gasteiger partial charge >= 0.3 is 37.0 Å². The number of rotatable bonds is 5. The molecule has 3 atom stereocenters. The Morgan fingerprint density at radius 2 is 2.08 bits per heavy atom. The van der Waals surface area contributed by atoms with E-state index in [0.717, 1.165) is 4.90 Å². The van der Waals surface area contributed by atoms with E-state index in [4.69, 9.17) is 0 Å². The molecule has 0 radical (unpaired) electrons. The van der Waals surface area contributed by atoms with Crippen LogP contribution in [0.4, 0.5) is 22.4 Å². The number of halogens is 4. The molecule has 1 saturated heterocycles. The van der Waals surface area contributed by atoms with Crippen molar-refractivity contribution in [3.8, 4) is 0 Å². The SMILES string of the molecule is CC1=C[C@@H]2CN(C(=O)N2O[C@@H](F)C(=O)[O-])[C@@H]1CNC(=O)C(F)(F)F.[Li+]. The Labute approximate surface area is 150 Å². The van der Waals surface area contributed by atoms with Crippen LogP contribution in [0.3, 0.4) is 0 Å². The number of nitrogens with zero attached hydrogens (tertiary/aromatic N) is 2. The van der Waals surface area contributed by atoms with Crippen LogP contribution in [0.15, 0.2) is 11.6 Å². The summed E-state index contributed by atoms with van der Waals surface area (Å²) in [6, 6.07) is -2.62. The zero-order valence-electron chi connectivity index (χ0n) is 13.2. The summed E-state index contributed by atoms with van der Waals surface area (Å²) in [5.41, 5.74) is 0.442. The number of fused-ring (bicyclic) bond motifs is 2. The molecule has 0 aromatic heterocycles. The first-order valence-corrected chi connectivity index (χ1v) is 6.67. The van der Waals surface area contributed by atoms with Crippen LogP contribution in [-0.4, -0.2) is 65.6 Å². The molecule has 0 unspecified atom stereocenters. The minimum Gasteiger partial charge on any atom is -0.544 e. The van der Waals surface area contributed by atoms with Crippen molar-refractivity contribution in [3.05, 3.63) is 11.6 Å². The van der Waals surface area contributed by atoms with Gasteiger partial charge in [0.05, 0.1) is 12.1 Å². The van der Waals surface area contributed by atoms with Gasteiger partial charge in [0.25, 0.3) is 6.36 Å². The van der Waals surface area contributed by atoms with Gasteiger partial charge in [0.1, 0.15) is 5.97 Å². The Morgan fingerprint density at radius 1 is 1.48 bits per heavy atom. The van der Waals surface area contributed by atoms with Crippen molar-refractivity contribution >= 4 is 17.9 Å². The average molecular weight is 361 g/mol. The summed E-state index contributed by atoms with van der Waals surface area (Å²) in [6.45, 7) is 0.945. The summed E-state index contributed by atoms with van der Waals surface area (Å²) < 4.78 is 49.7. The number of carboxylic acid groups (broad SMARTS) is 1. The molecule has 0 aromatic carbocycles. The third-order valence-electron chi connectivity index (χ3n) is 3.58. The summed E-state index contributed by atoms with van der Waals surface area (Å²) >= 11 is 0. The van der Waals surface area contributed by atoms with Crippen LogP contribution in [0, 0.1) is 0 Å². The number of carboxylic acids is 1. The molecule has 1 N–H and O–H groups in total. The molecule has 2 heterocycles. The third-order valence-corrected chi connectivity index (χ3v) is 3.58. The first-order valence-electron chi connectivity index (χ1n) is 6.67. The number of aliphatic carboxylic acids is 1. The molecular weight excluding hydrogens is 349 g/mol. The molecule has 2 rings (SSSR count). The molecule has 2 aliphatic heterocycles. The molecule has 2 aliphatic rings. The summed E-state index contributed by atoms with van der Waals surface area (Å²) in [6.07, 6.45) is -6.51. The van der Waals surface area contributed by atoms with Gasteiger partial charge in [-0.3, -0.25) is 4.79 Å². The van der Waals surface area contributed by atoms with Crippen molar-refractivity contribution in [2.45, 2.75) is 31.5 Å². The van der Waals surface area contributed by atoms with Crippen LogP contribution in [0.2, 0.25) is 0 Å². The van der Waals surface area contributed by atoms with Crippen molar-refractivity contribution in [2.24, 2.45) is 0 Å². The van der Waals surface area contributed by atoms with Gasteiger partial charge in [-0.2, -0.15) is 18.2 Å². The molecule has 134 valence electrons. The predicted molar refractivity (Wildman–Crippen MR) is 65.3 cm³/mol. The molecule has 3 amide bonds. The fraction of sp³-hybridized carbons (Fsp3) is 0.583. The number of hydrogen-bond donors (Lipinski definition) is 1. The Morgan fingerprint density at radius 3 is 2.60 bits per heavy atom. The summed E-state index contributed by atoms with van der Waals surface area (Å²) in [5, 5.41) is 12.5. The van der Waals surface area contributed by atoms with Crippen LogP contribution >= 0.6 is 0 Å². The smallest absolute Gasteiger partial charge is 0.544 e. The summed E-state index contributed by atoms with van der Waals surface area (Å²) in [7, 11) is 0. The van der Waals surface area contributed by atoms with Crippen molar-refractivity contribution in [1.82, 2.24) is 15.3 Å². The molecule has 13 heteroatoms. The van der Waals surface area contributed by atoms with Crippen LogP contribution in [0.5, 0.6) is 0 Å². The molecule has 0 saturated carbocycles. The van der Waals surface area contributed by atoms with Gasteiger partial charge in [-0.1, -0.05) is 11.6 Å². The maximum atomic E-state index is 13.1. The van der Waals surface area contributed by atoms with E-state index in [2.05, 4.69) is 4.84 Å². The van der Waals surface area contributed by atoms with E-state index in [-0.39, 0.29) is 25.4 Å². The topological polar surface area (TPSA) is 102 Å². The van der Waals surface area contributed by atoms with Gasteiger partial charge in [0.15, 0.2) is 0 Å². The van der Waals surface area contributed by atoms with E-state index in [1.165, 1.54) is 13.0 Å². The Hall–Kier alpha value is -1.77. The zero-order valence-corrected chi connectivity index (χ0v) is 13.2. The number of urea groups is 1. The second kappa shape index (κ2) is 7.63. The Kier molecular flexibility index (Phi) is 6.49. The number of hydrogen-bond acceptors (Lipinski definition) is 5.